The van der Waals surface area contributed by atoms with Gasteiger partial charge in [-0.25, -0.2) is 4.57 Å². The zero-order valence-electron chi connectivity index (χ0n) is 41.7. The number of nitrogens with one attached hydrogen (secondary N) is 1. The third kappa shape index (κ3) is 47.4. The van der Waals surface area contributed by atoms with Crippen LogP contribution in [0.3, 0.4) is 0 Å². The highest BCUT2D eigenvalue weighted by Gasteiger charge is 2.27. The Labute approximate surface area is 394 Å². The van der Waals surface area contributed by atoms with Gasteiger partial charge < -0.3 is 19.8 Å². The molecule has 0 spiro atoms. The van der Waals surface area contributed by atoms with Gasteiger partial charge in [0.2, 0.25) is 5.91 Å². The second kappa shape index (κ2) is 45.6. The molecule has 1 amide bonds. The fourth-order valence-corrected chi connectivity index (χ4v) is 7.52. The molecular formula is C55H98N2O6P+. The molecule has 0 fully saturated rings. The molecule has 3 atom stereocenters. The van der Waals surface area contributed by atoms with Crippen LogP contribution < -0.4 is 5.32 Å². The number of phosphoric acid groups is 1. The van der Waals surface area contributed by atoms with Crippen LogP contribution in [0.5, 0.6) is 0 Å². The molecule has 0 aliphatic heterocycles. The average molecular weight is 914 g/mol. The first-order valence-electron chi connectivity index (χ1n) is 25.6. The van der Waals surface area contributed by atoms with Crippen LogP contribution in [0.25, 0.3) is 0 Å². The van der Waals surface area contributed by atoms with Gasteiger partial charge in [0.05, 0.1) is 39.9 Å². The lowest BCUT2D eigenvalue weighted by Crippen LogP contribution is -2.45. The van der Waals surface area contributed by atoms with Crippen molar-refractivity contribution in [2.45, 2.75) is 206 Å². The SMILES string of the molecule is CC/C=C\C/C=C\C/C=C\C/C=C\C/C=C\C/C=C\CCC(=O)NC(COP(=O)(O)OCC[N+](C)(C)C)C(O)/C=C/CC/C=C/CCCCCCCCCCCCCCCCCCC. The molecule has 0 aliphatic carbocycles. The van der Waals surface area contributed by atoms with Crippen molar-refractivity contribution in [2.75, 3.05) is 40.9 Å². The quantitative estimate of drug-likeness (QED) is 0.0243. The summed E-state index contributed by atoms with van der Waals surface area (Å²) >= 11 is 0. The lowest BCUT2D eigenvalue weighted by molar-refractivity contribution is -0.870. The van der Waals surface area contributed by atoms with Gasteiger partial charge in [0.1, 0.15) is 13.2 Å². The number of rotatable bonds is 45. The highest BCUT2D eigenvalue weighted by Crippen LogP contribution is 2.43. The Kier molecular flexibility index (Phi) is 43.7. The van der Waals surface area contributed by atoms with E-state index in [4.69, 9.17) is 9.05 Å². The van der Waals surface area contributed by atoms with E-state index in [1.165, 1.54) is 109 Å². The topological polar surface area (TPSA) is 105 Å². The molecule has 0 saturated heterocycles. The Morgan fingerprint density at radius 3 is 1.42 bits per heavy atom. The standard InChI is InChI=1S/C55H97N2O6P/c1-6-8-10-12-14-16-18-20-22-24-26-27-28-29-31-32-34-36-38-40-42-44-46-48-54(58)53(52-63-64(60,61)62-51-50-57(3,4)5)56-55(59)49-47-45-43-41-39-37-35-33-30-25-23-21-19-17-15-13-11-9-7-2/h9,11,15,17,21,23,30,33,37-40,43,45-46,48,53-54,58H,6-8,10,12-14,16,18-20,22,24-29,31-32,34-36,41-42,44,47,49-52H2,1-5H3,(H-,56,59,60,61)/p+1/b11-9-,17-15-,23-21-,33-30-,39-37-,40-38+,45-43-,48-46+. The summed E-state index contributed by atoms with van der Waals surface area (Å²) in [4.78, 5) is 23.2. The van der Waals surface area contributed by atoms with Gasteiger partial charge in [-0.2, -0.15) is 0 Å². The number of hydrogen-bond donors (Lipinski definition) is 3. The van der Waals surface area contributed by atoms with Gasteiger partial charge in [-0.05, 0) is 70.6 Å². The molecule has 0 heterocycles. The lowest BCUT2D eigenvalue weighted by Gasteiger charge is -2.25. The maximum atomic E-state index is 12.9. The monoisotopic (exact) mass is 914 g/mol. The van der Waals surface area contributed by atoms with Gasteiger partial charge in [-0.15, -0.1) is 0 Å². The second-order valence-corrected chi connectivity index (χ2v) is 19.6. The molecular weight excluding hydrogens is 816 g/mol. The highest BCUT2D eigenvalue weighted by atomic mass is 31.2. The third-order valence-corrected chi connectivity index (χ3v) is 11.8. The number of carbonyl (C=O) groups is 1. The molecule has 368 valence electrons. The number of aliphatic hydroxyl groups is 1. The van der Waals surface area contributed by atoms with Crippen LogP contribution in [0.4, 0.5) is 0 Å². The van der Waals surface area contributed by atoms with Crippen LogP contribution in [0.15, 0.2) is 97.2 Å². The van der Waals surface area contributed by atoms with Crippen LogP contribution >= 0.6 is 7.82 Å². The van der Waals surface area contributed by atoms with Crippen molar-refractivity contribution in [3.05, 3.63) is 97.2 Å². The van der Waals surface area contributed by atoms with Crippen molar-refractivity contribution >= 4 is 13.7 Å². The van der Waals surface area contributed by atoms with Gasteiger partial charge in [-0.1, -0.05) is 214 Å². The summed E-state index contributed by atoms with van der Waals surface area (Å²) in [6.07, 6.45) is 65.2. The summed E-state index contributed by atoms with van der Waals surface area (Å²) in [5.41, 5.74) is 0. The largest absolute Gasteiger partial charge is 0.472 e. The second-order valence-electron chi connectivity index (χ2n) is 18.2. The molecule has 0 bridgehead atoms. The third-order valence-electron chi connectivity index (χ3n) is 10.8. The van der Waals surface area contributed by atoms with Crippen LogP contribution in [-0.2, 0) is 18.4 Å². The Morgan fingerprint density at radius 1 is 0.547 bits per heavy atom. The van der Waals surface area contributed by atoms with E-state index in [0.717, 1.165) is 57.8 Å². The van der Waals surface area contributed by atoms with Crippen LogP contribution in [0, 0.1) is 0 Å². The van der Waals surface area contributed by atoms with Crippen molar-refractivity contribution in [1.29, 1.82) is 0 Å². The molecule has 0 aromatic heterocycles. The number of likely N-dealkylation sites (N-methyl/N-ethyl adjacent to an activating group) is 1. The Hall–Kier alpha value is -2.58. The van der Waals surface area contributed by atoms with Crippen LogP contribution in [0.1, 0.15) is 194 Å². The van der Waals surface area contributed by atoms with Gasteiger partial charge in [0.25, 0.3) is 0 Å². The maximum Gasteiger partial charge on any atom is 0.472 e. The first-order valence-corrected chi connectivity index (χ1v) is 27.1. The average Bonchev–Trinajstić information content (AvgIpc) is 3.25. The number of quaternary nitrogens is 1. The number of phosphoric ester groups is 1. The van der Waals surface area contributed by atoms with E-state index in [0.29, 0.717) is 17.4 Å². The van der Waals surface area contributed by atoms with E-state index in [2.05, 4.69) is 92.1 Å². The zero-order valence-corrected chi connectivity index (χ0v) is 42.6. The van der Waals surface area contributed by atoms with E-state index in [9.17, 15) is 19.4 Å². The highest BCUT2D eigenvalue weighted by molar-refractivity contribution is 7.47. The zero-order chi connectivity index (χ0) is 47.1. The molecule has 64 heavy (non-hydrogen) atoms. The number of aliphatic hydroxyl groups excluding tert-OH is 1. The molecule has 0 rings (SSSR count). The van der Waals surface area contributed by atoms with E-state index < -0.39 is 20.0 Å². The maximum absolute atomic E-state index is 12.9. The molecule has 0 saturated carbocycles. The summed E-state index contributed by atoms with van der Waals surface area (Å²) in [5.74, 6) is -0.272. The molecule has 3 unspecified atom stereocenters. The van der Waals surface area contributed by atoms with Crippen molar-refractivity contribution in [1.82, 2.24) is 5.32 Å². The van der Waals surface area contributed by atoms with Gasteiger partial charge in [0.15, 0.2) is 0 Å². The number of nitrogens with zero attached hydrogens (tertiary/aromatic N) is 1. The first-order chi connectivity index (χ1) is 31.0. The summed E-state index contributed by atoms with van der Waals surface area (Å²) < 4.78 is 23.6. The number of allylic oxidation sites excluding steroid dienone is 15. The van der Waals surface area contributed by atoms with E-state index in [1.807, 2.05) is 39.4 Å². The Balaban J connectivity index is 4.48. The minimum atomic E-state index is -4.38. The molecule has 0 aromatic carbocycles. The number of amides is 1. The Bertz CT molecular complexity index is 1360. The van der Waals surface area contributed by atoms with Crippen LogP contribution in [-0.4, -0.2) is 73.4 Å². The van der Waals surface area contributed by atoms with Gasteiger partial charge in [0, 0.05) is 6.42 Å². The van der Waals surface area contributed by atoms with Crippen molar-refractivity contribution < 1.29 is 32.9 Å². The normalized spacial score (nSPS) is 14.9. The molecule has 8 nitrogen and oxygen atoms in total. The fraction of sp³-hybridized carbons (Fsp3) is 0.691. The predicted molar refractivity (Wildman–Crippen MR) is 276 cm³/mol. The van der Waals surface area contributed by atoms with E-state index in [1.54, 1.807) is 6.08 Å². The number of hydrogen-bond acceptors (Lipinski definition) is 5. The van der Waals surface area contributed by atoms with Crippen molar-refractivity contribution in [3.63, 3.8) is 0 Å². The molecule has 0 aliphatic rings. The van der Waals surface area contributed by atoms with Crippen molar-refractivity contribution in [3.8, 4) is 0 Å². The Morgan fingerprint density at radius 2 is 0.953 bits per heavy atom. The summed E-state index contributed by atoms with van der Waals surface area (Å²) in [7, 11) is 1.49. The number of unbranched alkanes of at least 4 members (excludes halogenated alkanes) is 18. The van der Waals surface area contributed by atoms with E-state index in [-0.39, 0.29) is 25.5 Å². The lowest BCUT2D eigenvalue weighted by atomic mass is 10.0. The molecule has 0 radical (unpaired) electrons. The van der Waals surface area contributed by atoms with E-state index >= 15 is 0 Å². The van der Waals surface area contributed by atoms with Gasteiger partial charge >= 0.3 is 7.82 Å². The number of carbonyl (C=O) groups excluding carboxylic acids is 1. The van der Waals surface area contributed by atoms with Crippen molar-refractivity contribution in [2.24, 2.45) is 0 Å². The minimum absolute atomic E-state index is 0.0374. The molecule has 9 heteroatoms. The summed E-state index contributed by atoms with van der Waals surface area (Å²) in [6, 6.07) is -0.910. The minimum Gasteiger partial charge on any atom is -0.387 e. The molecule has 3 N–H and O–H groups in total. The van der Waals surface area contributed by atoms with Crippen LogP contribution in [0.2, 0.25) is 0 Å². The summed E-state index contributed by atoms with van der Waals surface area (Å²) in [5, 5.41) is 13.8. The predicted octanol–water partition coefficient (Wildman–Crippen LogP) is 15.1. The fourth-order valence-electron chi connectivity index (χ4n) is 6.79. The first kappa shape index (κ1) is 61.4. The smallest absolute Gasteiger partial charge is 0.387 e. The summed E-state index contributed by atoms with van der Waals surface area (Å²) in [6.45, 7) is 4.62. The van der Waals surface area contributed by atoms with Gasteiger partial charge in [-0.3, -0.25) is 13.8 Å². The molecule has 0 aromatic rings.